The first-order valence-corrected chi connectivity index (χ1v) is 5.54. The number of rotatable bonds is 5. The molecule has 1 aromatic heterocycles. The van der Waals surface area contributed by atoms with E-state index in [0.717, 1.165) is 0 Å². The first-order valence-electron chi connectivity index (χ1n) is 5.54. The molecule has 0 saturated carbocycles. The van der Waals surface area contributed by atoms with E-state index < -0.39 is 30.2 Å². The summed E-state index contributed by atoms with van der Waals surface area (Å²) in [5.41, 5.74) is 0.938. The topological polar surface area (TPSA) is 132 Å². The molecule has 0 aromatic carbocycles. The van der Waals surface area contributed by atoms with E-state index in [4.69, 9.17) is 10.2 Å². The molecule has 0 saturated heterocycles. The number of aliphatic hydroxyl groups excluding tert-OH is 1. The standard InChI is InChI=1S/C11H15N3O5/c1-5-7(6(2)13-11(19)12-5)3-9(16)14-8(4-15)10(17)18/h8,15H,3-4H2,1-2H3,(H,14,16)(H,17,18)(H,12,13,19)/t8-/m0/s1. The zero-order valence-electron chi connectivity index (χ0n) is 10.6. The summed E-state index contributed by atoms with van der Waals surface area (Å²) in [7, 11) is 0. The molecule has 0 radical (unpaired) electrons. The van der Waals surface area contributed by atoms with Crippen LogP contribution in [0.2, 0.25) is 0 Å². The van der Waals surface area contributed by atoms with Gasteiger partial charge in [-0.25, -0.2) is 9.59 Å². The number of aliphatic hydroxyl groups is 1. The number of hydrogen-bond donors (Lipinski definition) is 4. The molecule has 104 valence electrons. The Balaban J connectivity index is 2.83. The number of carbonyl (C=O) groups is 2. The summed E-state index contributed by atoms with van der Waals surface area (Å²) in [5.74, 6) is -1.88. The van der Waals surface area contributed by atoms with Gasteiger partial charge in [-0.3, -0.25) is 4.79 Å². The Morgan fingerprint density at radius 2 is 2.05 bits per heavy atom. The third-order valence-electron chi connectivity index (χ3n) is 2.61. The number of carboxylic acid groups (broad SMARTS) is 1. The van der Waals surface area contributed by atoms with Crippen molar-refractivity contribution in [2.75, 3.05) is 6.61 Å². The molecule has 0 fully saturated rings. The second kappa shape index (κ2) is 6.10. The van der Waals surface area contributed by atoms with Gasteiger partial charge < -0.3 is 20.5 Å². The summed E-state index contributed by atoms with van der Waals surface area (Å²) >= 11 is 0. The molecule has 0 aliphatic rings. The number of aliphatic carboxylic acids is 1. The Kier molecular flexibility index (Phi) is 4.76. The van der Waals surface area contributed by atoms with E-state index in [9.17, 15) is 14.4 Å². The zero-order chi connectivity index (χ0) is 14.6. The Bertz CT molecular complexity index is 526. The van der Waals surface area contributed by atoms with Crippen molar-refractivity contribution >= 4 is 11.9 Å². The van der Waals surface area contributed by atoms with Crippen LogP contribution < -0.4 is 11.0 Å². The van der Waals surface area contributed by atoms with Crippen molar-refractivity contribution in [3.8, 4) is 0 Å². The van der Waals surface area contributed by atoms with Crippen LogP contribution in [0.5, 0.6) is 0 Å². The number of carbonyl (C=O) groups excluding carboxylic acids is 1. The lowest BCUT2D eigenvalue weighted by Crippen LogP contribution is -2.44. The highest BCUT2D eigenvalue weighted by Gasteiger charge is 2.20. The maximum absolute atomic E-state index is 11.7. The van der Waals surface area contributed by atoms with Gasteiger partial charge in [0.15, 0.2) is 0 Å². The van der Waals surface area contributed by atoms with E-state index in [2.05, 4.69) is 15.3 Å². The van der Waals surface area contributed by atoms with Gasteiger partial charge in [0.2, 0.25) is 5.91 Å². The average molecular weight is 269 g/mol. The van der Waals surface area contributed by atoms with Crippen molar-refractivity contribution in [1.82, 2.24) is 15.3 Å². The van der Waals surface area contributed by atoms with E-state index in [1.807, 2.05) is 0 Å². The molecule has 19 heavy (non-hydrogen) atoms. The van der Waals surface area contributed by atoms with Gasteiger partial charge in [-0.1, -0.05) is 0 Å². The zero-order valence-corrected chi connectivity index (χ0v) is 10.6. The molecule has 1 amide bonds. The largest absolute Gasteiger partial charge is 0.480 e. The van der Waals surface area contributed by atoms with Crippen molar-refractivity contribution < 1.29 is 19.8 Å². The summed E-state index contributed by atoms with van der Waals surface area (Å²) in [6.45, 7) is 2.52. The molecule has 1 atom stereocenters. The van der Waals surface area contributed by atoms with Crippen molar-refractivity contribution in [2.45, 2.75) is 26.3 Å². The predicted molar refractivity (Wildman–Crippen MR) is 64.7 cm³/mol. The highest BCUT2D eigenvalue weighted by molar-refractivity contribution is 5.85. The molecular formula is C11H15N3O5. The maximum atomic E-state index is 11.7. The molecule has 0 spiro atoms. The number of aromatic nitrogens is 2. The van der Waals surface area contributed by atoms with E-state index in [-0.39, 0.29) is 6.42 Å². The van der Waals surface area contributed by atoms with Crippen LogP contribution in [-0.2, 0) is 16.0 Å². The fourth-order valence-electron chi connectivity index (χ4n) is 1.61. The van der Waals surface area contributed by atoms with Gasteiger partial charge >= 0.3 is 11.7 Å². The quantitative estimate of drug-likeness (QED) is 0.513. The summed E-state index contributed by atoms with van der Waals surface area (Å²) in [6, 6.07) is -1.34. The van der Waals surface area contributed by atoms with Crippen LogP contribution in [0.4, 0.5) is 0 Å². The molecule has 0 aliphatic heterocycles. The van der Waals surface area contributed by atoms with Gasteiger partial charge in [-0.15, -0.1) is 0 Å². The fourth-order valence-corrected chi connectivity index (χ4v) is 1.61. The van der Waals surface area contributed by atoms with E-state index in [1.54, 1.807) is 13.8 Å². The molecule has 4 N–H and O–H groups in total. The summed E-state index contributed by atoms with van der Waals surface area (Å²) < 4.78 is 0. The van der Waals surface area contributed by atoms with Crippen molar-refractivity contribution in [3.63, 3.8) is 0 Å². The first-order chi connectivity index (χ1) is 8.85. The molecule has 1 heterocycles. The van der Waals surface area contributed by atoms with Crippen LogP contribution >= 0.6 is 0 Å². The average Bonchev–Trinajstić information content (AvgIpc) is 2.30. The smallest absolute Gasteiger partial charge is 0.345 e. The number of carboxylic acids is 1. The van der Waals surface area contributed by atoms with Gasteiger partial charge in [-0.2, -0.15) is 4.98 Å². The van der Waals surface area contributed by atoms with Gasteiger partial charge in [0, 0.05) is 17.0 Å². The van der Waals surface area contributed by atoms with Crippen LogP contribution in [0.25, 0.3) is 0 Å². The lowest BCUT2D eigenvalue weighted by molar-refractivity contribution is -0.142. The van der Waals surface area contributed by atoms with Crippen LogP contribution in [0.1, 0.15) is 17.0 Å². The Morgan fingerprint density at radius 1 is 1.42 bits per heavy atom. The van der Waals surface area contributed by atoms with Gasteiger partial charge in [-0.05, 0) is 13.8 Å². The molecule has 0 bridgehead atoms. The van der Waals surface area contributed by atoms with Crippen LogP contribution in [0.3, 0.4) is 0 Å². The number of nitrogens with zero attached hydrogens (tertiary/aromatic N) is 1. The van der Waals surface area contributed by atoms with Crippen molar-refractivity contribution in [1.29, 1.82) is 0 Å². The lowest BCUT2D eigenvalue weighted by Gasteiger charge is -2.13. The lowest BCUT2D eigenvalue weighted by atomic mass is 10.1. The monoisotopic (exact) mass is 269 g/mol. The molecule has 1 aromatic rings. The fraction of sp³-hybridized carbons (Fsp3) is 0.455. The Labute approximate surface area is 108 Å². The van der Waals surface area contributed by atoms with E-state index in [0.29, 0.717) is 17.0 Å². The van der Waals surface area contributed by atoms with Crippen molar-refractivity contribution in [2.24, 2.45) is 0 Å². The molecule has 8 nitrogen and oxygen atoms in total. The summed E-state index contributed by atoms with van der Waals surface area (Å²) in [4.78, 5) is 39.5. The van der Waals surface area contributed by atoms with Crippen LogP contribution in [0.15, 0.2) is 4.79 Å². The Hall–Kier alpha value is -2.22. The van der Waals surface area contributed by atoms with Gasteiger partial charge in [0.25, 0.3) is 0 Å². The Morgan fingerprint density at radius 3 is 2.53 bits per heavy atom. The molecule has 0 aliphatic carbocycles. The minimum absolute atomic E-state index is 0.120. The number of aromatic amines is 1. The van der Waals surface area contributed by atoms with Crippen LogP contribution in [0, 0.1) is 13.8 Å². The summed E-state index contributed by atoms with van der Waals surface area (Å²) in [6.07, 6.45) is -0.120. The number of hydrogen-bond acceptors (Lipinski definition) is 5. The molecular weight excluding hydrogens is 254 g/mol. The van der Waals surface area contributed by atoms with E-state index in [1.165, 1.54) is 0 Å². The molecule has 8 heteroatoms. The number of amides is 1. The minimum atomic E-state index is -1.34. The number of aryl methyl sites for hydroxylation is 2. The van der Waals surface area contributed by atoms with Gasteiger partial charge in [0.05, 0.1) is 13.0 Å². The number of nitrogens with one attached hydrogen (secondary N) is 2. The molecule has 0 unspecified atom stereocenters. The second-order valence-corrected chi connectivity index (χ2v) is 4.05. The SMILES string of the molecule is Cc1nc(=O)[nH]c(C)c1CC(=O)N[C@@H](CO)C(=O)O. The third kappa shape index (κ3) is 3.88. The van der Waals surface area contributed by atoms with E-state index >= 15 is 0 Å². The highest BCUT2D eigenvalue weighted by Crippen LogP contribution is 2.07. The normalized spacial score (nSPS) is 11.9. The predicted octanol–water partition coefficient (Wildman–Crippen LogP) is -1.51. The van der Waals surface area contributed by atoms with Gasteiger partial charge in [0.1, 0.15) is 6.04 Å². The third-order valence-corrected chi connectivity index (χ3v) is 2.61. The minimum Gasteiger partial charge on any atom is -0.480 e. The highest BCUT2D eigenvalue weighted by atomic mass is 16.4. The van der Waals surface area contributed by atoms with Crippen LogP contribution in [-0.4, -0.2) is 44.7 Å². The molecule has 1 rings (SSSR count). The number of H-pyrrole nitrogens is 1. The second-order valence-electron chi connectivity index (χ2n) is 4.05. The van der Waals surface area contributed by atoms with Crippen molar-refractivity contribution in [3.05, 3.63) is 27.4 Å². The maximum Gasteiger partial charge on any atom is 0.345 e. The summed E-state index contributed by atoms with van der Waals surface area (Å²) in [5, 5.41) is 19.7. The first kappa shape index (κ1) is 14.8.